The first-order chi connectivity index (χ1) is 10.9. The van der Waals surface area contributed by atoms with Gasteiger partial charge in [-0.25, -0.2) is 4.31 Å². The maximum absolute atomic E-state index is 12.5. The minimum absolute atomic E-state index is 0.189. The molecule has 2 fully saturated rings. The van der Waals surface area contributed by atoms with Crippen LogP contribution in [0.1, 0.15) is 18.4 Å². The molecule has 124 valence electrons. The SMILES string of the molecule is COc1ccc([N+](=O)[O-])cc1CN1C(=O)[C@@H]2CCCN2S1(=O)=O. The van der Waals surface area contributed by atoms with Crippen molar-refractivity contribution >= 4 is 21.8 Å². The van der Waals surface area contributed by atoms with Crippen LogP contribution in [0.15, 0.2) is 18.2 Å². The lowest BCUT2D eigenvalue weighted by Gasteiger charge is -2.18. The van der Waals surface area contributed by atoms with Gasteiger partial charge in [0.25, 0.3) is 11.6 Å². The fraction of sp³-hybridized carbons (Fsp3) is 0.462. The molecule has 2 heterocycles. The van der Waals surface area contributed by atoms with E-state index < -0.39 is 27.1 Å². The average molecular weight is 341 g/mol. The molecule has 1 atom stereocenters. The fourth-order valence-corrected chi connectivity index (χ4v) is 4.77. The number of nitro benzene ring substituents is 1. The number of carbonyl (C=O) groups excluding carboxylic acids is 1. The first-order valence-electron chi connectivity index (χ1n) is 7.01. The number of carbonyl (C=O) groups is 1. The van der Waals surface area contributed by atoms with Gasteiger partial charge in [-0.15, -0.1) is 0 Å². The third-order valence-electron chi connectivity index (χ3n) is 4.10. The van der Waals surface area contributed by atoms with Gasteiger partial charge < -0.3 is 4.74 Å². The van der Waals surface area contributed by atoms with Gasteiger partial charge in [0.05, 0.1) is 18.6 Å². The molecular formula is C13H15N3O6S. The number of nitrogens with zero attached hydrogens (tertiary/aromatic N) is 3. The second kappa shape index (κ2) is 5.46. The molecule has 10 heteroatoms. The first kappa shape index (κ1) is 15.7. The van der Waals surface area contributed by atoms with Crippen molar-refractivity contribution in [2.24, 2.45) is 0 Å². The molecule has 0 unspecified atom stereocenters. The van der Waals surface area contributed by atoms with Crippen LogP contribution < -0.4 is 4.74 Å². The summed E-state index contributed by atoms with van der Waals surface area (Å²) in [5.41, 5.74) is 0.0881. The van der Waals surface area contributed by atoms with Crippen LogP contribution >= 0.6 is 0 Å². The lowest BCUT2D eigenvalue weighted by atomic mass is 10.1. The van der Waals surface area contributed by atoms with Crippen molar-refractivity contribution in [3.05, 3.63) is 33.9 Å². The van der Waals surface area contributed by atoms with Gasteiger partial charge in [-0.1, -0.05) is 0 Å². The van der Waals surface area contributed by atoms with E-state index in [1.54, 1.807) is 0 Å². The Morgan fingerprint density at radius 1 is 1.43 bits per heavy atom. The summed E-state index contributed by atoms with van der Waals surface area (Å²) in [6, 6.07) is 3.23. The lowest BCUT2D eigenvalue weighted by Crippen LogP contribution is -2.33. The van der Waals surface area contributed by atoms with E-state index >= 15 is 0 Å². The maximum Gasteiger partial charge on any atom is 0.307 e. The molecule has 2 saturated heterocycles. The number of methoxy groups -OCH3 is 1. The Kier molecular flexibility index (Phi) is 3.72. The molecule has 2 aliphatic heterocycles. The van der Waals surface area contributed by atoms with E-state index in [2.05, 4.69) is 0 Å². The van der Waals surface area contributed by atoms with Gasteiger partial charge >= 0.3 is 10.2 Å². The van der Waals surface area contributed by atoms with Gasteiger partial charge in [0.2, 0.25) is 0 Å². The smallest absolute Gasteiger partial charge is 0.307 e. The van der Waals surface area contributed by atoms with Crippen LogP contribution in [0.5, 0.6) is 5.75 Å². The lowest BCUT2D eigenvalue weighted by molar-refractivity contribution is -0.384. The standard InChI is InChI=1S/C13H15N3O6S/c1-22-12-5-4-10(16(18)19)7-9(12)8-15-13(17)11-3-2-6-14(11)23(15,20)21/h4-5,7,11H,2-3,6,8H2,1H3/t11-/m0/s1. The monoisotopic (exact) mass is 341 g/mol. The number of ether oxygens (including phenoxy) is 1. The topological polar surface area (TPSA) is 110 Å². The van der Waals surface area contributed by atoms with Crippen molar-refractivity contribution in [3.63, 3.8) is 0 Å². The van der Waals surface area contributed by atoms with E-state index in [1.807, 2.05) is 0 Å². The molecule has 23 heavy (non-hydrogen) atoms. The third-order valence-corrected chi connectivity index (χ3v) is 5.99. The van der Waals surface area contributed by atoms with E-state index in [9.17, 15) is 23.3 Å². The number of non-ortho nitro benzene ring substituents is 1. The summed E-state index contributed by atoms with van der Waals surface area (Å²) in [7, 11) is -2.50. The minimum Gasteiger partial charge on any atom is -0.496 e. The van der Waals surface area contributed by atoms with Crippen molar-refractivity contribution in [3.8, 4) is 5.75 Å². The second-order valence-electron chi connectivity index (χ2n) is 5.37. The Hall–Kier alpha value is -2.20. The molecule has 1 aromatic rings. The normalized spacial score (nSPS) is 23.1. The van der Waals surface area contributed by atoms with Gasteiger partial charge in [-0.05, 0) is 18.9 Å². The van der Waals surface area contributed by atoms with Crippen LogP contribution in [-0.2, 0) is 21.5 Å². The number of fused-ring (bicyclic) bond motifs is 1. The predicted molar refractivity (Wildman–Crippen MR) is 78.8 cm³/mol. The molecule has 2 aliphatic rings. The molecule has 0 spiro atoms. The highest BCUT2D eigenvalue weighted by Gasteiger charge is 2.52. The number of benzene rings is 1. The molecule has 0 bridgehead atoms. The summed E-state index contributed by atoms with van der Waals surface area (Å²) in [5, 5.41) is 10.9. The zero-order valence-electron chi connectivity index (χ0n) is 12.3. The van der Waals surface area contributed by atoms with Crippen LogP contribution in [0.2, 0.25) is 0 Å². The molecule has 0 saturated carbocycles. The summed E-state index contributed by atoms with van der Waals surface area (Å²) in [6.07, 6.45) is 1.16. The molecule has 1 amide bonds. The van der Waals surface area contributed by atoms with Crippen molar-refractivity contribution in [2.75, 3.05) is 13.7 Å². The quantitative estimate of drug-likeness (QED) is 0.587. The summed E-state index contributed by atoms with van der Waals surface area (Å²) in [4.78, 5) is 22.7. The molecule has 0 aliphatic carbocycles. The summed E-state index contributed by atoms with van der Waals surface area (Å²) in [5.74, 6) is -0.193. The van der Waals surface area contributed by atoms with E-state index in [4.69, 9.17) is 4.74 Å². The number of amides is 1. The minimum atomic E-state index is -3.88. The van der Waals surface area contributed by atoms with Gasteiger partial charge in [-0.2, -0.15) is 12.7 Å². The summed E-state index contributed by atoms with van der Waals surface area (Å²) in [6.45, 7) is 0.0420. The molecule has 3 rings (SSSR count). The van der Waals surface area contributed by atoms with E-state index in [0.717, 1.165) is 4.31 Å². The number of hydrogen-bond donors (Lipinski definition) is 0. The molecule has 0 aromatic heterocycles. The van der Waals surface area contributed by atoms with E-state index in [0.29, 0.717) is 25.1 Å². The number of hydrogen-bond acceptors (Lipinski definition) is 6. The summed E-state index contributed by atoms with van der Waals surface area (Å²) >= 11 is 0. The average Bonchev–Trinajstić information content (AvgIpc) is 3.06. The largest absolute Gasteiger partial charge is 0.496 e. The molecule has 1 aromatic carbocycles. The third kappa shape index (κ3) is 2.43. The number of nitro groups is 1. The van der Waals surface area contributed by atoms with E-state index in [1.165, 1.54) is 29.6 Å². The van der Waals surface area contributed by atoms with Gasteiger partial charge in [0, 0.05) is 24.2 Å². The van der Waals surface area contributed by atoms with Crippen molar-refractivity contribution in [1.82, 2.24) is 8.61 Å². The second-order valence-corrected chi connectivity index (χ2v) is 7.18. The Morgan fingerprint density at radius 2 is 2.17 bits per heavy atom. The zero-order valence-corrected chi connectivity index (χ0v) is 13.2. The van der Waals surface area contributed by atoms with Crippen LogP contribution in [0, 0.1) is 10.1 Å². The maximum atomic E-state index is 12.5. The highest BCUT2D eigenvalue weighted by Crippen LogP contribution is 2.35. The highest BCUT2D eigenvalue weighted by atomic mass is 32.2. The first-order valence-corrected chi connectivity index (χ1v) is 8.40. The van der Waals surface area contributed by atoms with Crippen LogP contribution in [0.4, 0.5) is 5.69 Å². The van der Waals surface area contributed by atoms with Gasteiger partial charge in [0.15, 0.2) is 0 Å². The molecule has 0 N–H and O–H groups in total. The molecule has 9 nitrogen and oxygen atoms in total. The van der Waals surface area contributed by atoms with Gasteiger partial charge in [-0.3, -0.25) is 14.9 Å². The zero-order chi connectivity index (χ0) is 16.8. The molecule has 0 radical (unpaired) electrons. The van der Waals surface area contributed by atoms with Gasteiger partial charge in [0.1, 0.15) is 11.8 Å². The Bertz CT molecular complexity index is 778. The Morgan fingerprint density at radius 3 is 2.78 bits per heavy atom. The van der Waals surface area contributed by atoms with Crippen LogP contribution in [-0.4, -0.2) is 47.6 Å². The molecular weight excluding hydrogens is 326 g/mol. The Balaban J connectivity index is 1.97. The Labute approximate surface area is 132 Å². The summed E-state index contributed by atoms with van der Waals surface area (Å²) < 4.78 is 32.0. The van der Waals surface area contributed by atoms with Crippen LogP contribution in [0.25, 0.3) is 0 Å². The van der Waals surface area contributed by atoms with Crippen molar-refractivity contribution in [1.29, 1.82) is 0 Å². The van der Waals surface area contributed by atoms with Crippen molar-refractivity contribution in [2.45, 2.75) is 25.4 Å². The van der Waals surface area contributed by atoms with Crippen LogP contribution in [0.3, 0.4) is 0 Å². The predicted octanol–water partition coefficient (Wildman–Crippen LogP) is 0.655. The highest BCUT2D eigenvalue weighted by molar-refractivity contribution is 7.87. The fourth-order valence-electron chi connectivity index (χ4n) is 2.99. The van der Waals surface area contributed by atoms with E-state index in [-0.39, 0.29) is 17.8 Å². The number of rotatable bonds is 4. The van der Waals surface area contributed by atoms with Crippen molar-refractivity contribution < 1.29 is 22.9 Å².